The van der Waals surface area contributed by atoms with Crippen molar-refractivity contribution >= 4 is 27.7 Å². The molecule has 3 rings (SSSR count). The SMILES string of the molecule is O=C1[C@@H]2C[C@H]2C(=O)N1C[C@@H](O)c1ccccc1Br. The number of fused-ring (bicyclic) bond motifs is 1. The highest BCUT2D eigenvalue weighted by atomic mass is 79.9. The van der Waals surface area contributed by atoms with Crippen molar-refractivity contribution in [1.29, 1.82) is 0 Å². The molecule has 1 aliphatic carbocycles. The third-order valence-electron chi connectivity index (χ3n) is 3.58. The highest BCUT2D eigenvalue weighted by molar-refractivity contribution is 9.10. The lowest BCUT2D eigenvalue weighted by Crippen LogP contribution is -2.36. The number of hydrogen-bond acceptors (Lipinski definition) is 3. The average molecular weight is 310 g/mol. The zero-order valence-corrected chi connectivity index (χ0v) is 11.1. The van der Waals surface area contributed by atoms with Crippen LogP contribution in [-0.4, -0.2) is 28.4 Å². The number of hydrogen-bond donors (Lipinski definition) is 1. The number of β-amino-alcohol motifs (C(OH)–C–C–N with tert-alkyl or cyclic N) is 1. The molecular weight excluding hydrogens is 298 g/mol. The monoisotopic (exact) mass is 309 g/mol. The van der Waals surface area contributed by atoms with Gasteiger partial charge in [-0.2, -0.15) is 0 Å². The molecule has 2 aliphatic rings. The summed E-state index contributed by atoms with van der Waals surface area (Å²) in [6, 6.07) is 7.26. The minimum Gasteiger partial charge on any atom is -0.386 e. The minimum absolute atomic E-state index is 0.0489. The minimum atomic E-state index is -0.842. The zero-order chi connectivity index (χ0) is 12.9. The van der Waals surface area contributed by atoms with Gasteiger partial charge in [0.25, 0.3) is 0 Å². The van der Waals surface area contributed by atoms with Crippen LogP contribution in [0.1, 0.15) is 18.1 Å². The van der Waals surface area contributed by atoms with Gasteiger partial charge < -0.3 is 5.11 Å². The maximum Gasteiger partial charge on any atom is 0.233 e. The van der Waals surface area contributed by atoms with Crippen molar-refractivity contribution in [2.75, 3.05) is 6.54 Å². The Morgan fingerprint density at radius 1 is 1.28 bits per heavy atom. The summed E-state index contributed by atoms with van der Waals surface area (Å²) in [6.45, 7) is 0.0489. The highest BCUT2D eigenvalue weighted by Gasteiger charge is 2.58. The van der Waals surface area contributed by atoms with E-state index in [9.17, 15) is 14.7 Å². The van der Waals surface area contributed by atoms with Crippen molar-refractivity contribution in [3.05, 3.63) is 34.3 Å². The van der Waals surface area contributed by atoms with Crippen LogP contribution < -0.4 is 0 Å². The molecule has 1 saturated heterocycles. The van der Waals surface area contributed by atoms with Gasteiger partial charge in [0.2, 0.25) is 11.8 Å². The van der Waals surface area contributed by atoms with Crippen LogP contribution in [0.15, 0.2) is 28.7 Å². The summed E-state index contributed by atoms with van der Waals surface area (Å²) in [7, 11) is 0. The molecule has 1 aliphatic heterocycles. The third kappa shape index (κ3) is 1.78. The quantitative estimate of drug-likeness (QED) is 0.861. The molecule has 4 nitrogen and oxygen atoms in total. The number of aliphatic hydroxyl groups is 1. The van der Waals surface area contributed by atoms with Crippen LogP contribution >= 0.6 is 15.9 Å². The second kappa shape index (κ2) is 4.17. The van der Waals surface area contributed by atoms with Crippen molar-refractivity contribution in [2.24, 2.45) is 11.8 Å². The Morgan fingerprint density at radius 3 is 2.50 bits per heavy atom. The summed E-state index contributed by atoms with van der Waals surface area (Å²) in [5, 5.41) is 10.1. The zero-order valence-electron chi connectivity index (χ0n) is 9.54. The number of carbonyl (C=O) groups excluding carboxylic acids is 2. The predicted molar refractivity (Wildman–Crippen MR) is 67.4 cm³/mol. The molecule has 1 aromatic rings. The summed E-state index contributed by atoms with van der Waals surface area (Å²) in [5.41, 5.74) is 0.693. The summed E-state index contributed by atoms with van der Waals surface area (Å²) < 4.78 is 0.779. The van der Waals surface area contributed by atoms with Crippen molar-refractivity contribution in [3.63, 3.8) is 0 Å². The first-order valence-corrected chi connectivity index (χ1v) is 6.66. The number of benzene rings is 1. The Kier molecular flexibility index (Phi) is 2.75. The van der Waals surface area contributed by atoms with Crippen molar-refractivity contribution in [2.45, 2.75) is 12.5 Å². The van der Waals surface area contributed by atoms with Gasteiger partial charge in [-0.05, 0) is 18.1 Å². The van der Waals surface area contributed by atoms with E-state index in [-0.39, 0.29) is 30.2 Å². The number of imide groups is 1. The van der Waals surface area contributed by atoms with Crippen LogP contribution in [0.4, 0.5) is 0 Å². The van der Waals surface area contributed by atoms with Gasteiger partial charge in [-0.3, -0.25) is 14.5 Å². The van der Waals surface area contributed by atoms with E-state index < -0.39 is 6.10 Å². The first kappa shape index (κ1) is 11.9. The van der Waals surface area contributed by atoms with Gasteiger partial charge in [0.05, 0.1) is 24.5 Å². The van der Waals surface area contributed by atoms with Crippen LogP contribution in [0.5, 0.6) is 0 Å². The highest BCUT2D eigenvalue weighted by Crippen LogP contribution is 2.47. The molecule has 1 aromatic carbocycles. The maximum atomic E-state index is 11.8. The van der Waals surface area contributed by atoms with Crippen molar-refractivity contribution < 1.29 is 14.7 Å². The van der Waals surface area contributed by atoms with E-state index in [4.69, 9.17) is 0 Å². The van der Waals surface area contributed by atoms with Crippen LogP contribution in [0.25, 0.3) is 0 Å². The number of carbonyl (C=O) groups is 2. The largest absolute Gasteiger partial charge is 0.386 e. The van der Waals surface area contributed by atoms with Crippen molar-refractivity contribution in [3.8, 4) is 0 Å². The first-order valence-electron chi connectivity index (χ1n) is 5.87. The summed E-state index contributed by atoms with van der Waals surface area (Å²) >= 11 is 3.35. The van der Waals surface area contributed by atoms with Crippen LogP contribution in [0, 0.1) is 11.8 Å². The number of piperidine rings is 1. The molecule has 94 valence electrons. The van der Waals surface area contributed by atoms with Crippen LogP contribution in [-0.2, 0) is 9.59 Å². The number of likely N-dealkylation sites (tertiary alicyclic amines) is 1. The van der Waals surface area contributed by atoms with Gasteiger partial charge in [0, 0.05) is 4.47 Å². The second-order valence-corrected chi connectivity index (χ2v) is 5.63. The number of aliphatic hydroxyl groups excluding tert-OH is 1. The van der Waals surface area contributed by atoms with Crippen molar-refractivity contribution in [1.82, 2.24) is 4.90 Å². The second-order valence-electron chi connectivity index (χ2n) is 4.77. The number of rotatable bonds is 3. The topological polar surface area (TPSA) is 57.6 Å². The Hall–Kier alpha value is -1.20. The Balaban J connectivity index is 1.76. The molecule has 1 heterocycles. The van der Waals surface area contributed by atoms with Gasteiger partial charge in [-0.25, -0.2) is 0 Å². The van der Waals surface area contributed by atoms with E-state index in [0.717, 1.165) is 4.47 Å². The summed E-state index contributed by atoms with van der Waals surface area (Å²) in [4.78, 5) is 24.8. The lowest BCUT2D eigenvalue weighted by Gasteiger charge is -2.21. The molecule has 5 heteroatoms. The van der Waals surface area contributed by atoms with Gasteiger partial charge >= 0.3 is 0 Å². The fraction of sp³-hybridized carbons (Fsp3) is 0.385. The molecule has 2 amide bonds. The Bertz CT molecular complexity index is 511. The van der Waals surface area contributed by atoms with Crippen LogP contribution in [0.3, 0.4) is 0 Å². The molecule has 18 heavy (non-hydrogen) atoms. The fourth-order valence-corrected chi connectivity index (χ4v) is 3.00. The molecule has 3 atom stereocenters. The fourth-order valence-electron chi connectivity index (χ4n) is 2.45. The molecule has 0 unspecified atom stereocenters. The van der Waals surface area contributed by atoms with E-state index in [0.29, 0.717) is 12.0 Å². The number of amides is 2. The summed E-state index contributed by atoms with van der Waals surface area (Å²) in [5.74, 6) is -0.472. The summed E-state index contributed by atoms with van der Waals surface area (Å²) in [6.07, 6.45) is -0.148. The Morgan fingerprint density at radius 2 is 1.89 bits per heavy atom. The Labute approximate surface area is 113 Å². The van der Waals surface area contributed by atoms with E-state index >= 15 is 0 Å². The molecule has 2 fully saturated rings. The molecule has 0 radical (unpaired) electrons. The molecule has 0 spiro atoms. The van der Waals surface area contributed by atoms with Gasteiger partial charge in [-0.1, -0.05) is 34.1 Å². The average Bonchev–Trinajstić information content (AvgIpc) is 3.10. The molecule has 1 saturated carbocycles. The standard InChI is InChI=1S/C13H12BrNO3/c14-10-4-2-1-3-7(10)11(16)6-15-12(17)8-5-9(8)13(15)18/h1-4,8-9,11,16H,5-6H2/t8-,9-,11-/m1/s1. The maximum absolute atomic E-state index is 11.8. The molecule has 1 N–H and O–H groups in total. The smallest absolute Gasteiger partial charge is 0.233 e. The van der Waals surface area contributed by atoms with E-state index in [1.54, 1.807) is 6.07 Å². The lowest BCUT2D eigenvalue weighted by atomic mass is 10.1. The van der Waals surface area contributed by atoms with E-state index in [2.05, 4.69) is 15.9 Å². The lowest BCUT2D eigenvalue weighted by molar-refractivity contribution is -0.143. The van der Waals surface area contributed by atoms with E-state index in [1.807, 2.05) is 18.2 Å². The molecule has 0 bridgehead atoms. The molecular formula is C13H12BrNO3. The third-order valence-corrected chi connectivity index (χ3v) is 4.30. The first-order chi connectivity index (χ1) is 8.59. The number of nitrogens with zero attached hydrogens (tertiary/aromatic N) is 1. The van der Waals surface area contributed by atoms with Gasteiger partial charge in [0.1, 0.15) is 0 Å². The predicted octanol–water partition coefficient (Wildman–Crippen LogP) is 1.49. The van der Waals surface area contributed by atoms with Gasteiger partial charge in [0.15, 0.2) is 0 Å². The van der Waals surface area contributed by atoms with Crippen LogP contribution in [0.2, 0.25) is 0 Å². The number of halogens is 1. The van der Waals surface area contributed by atoms with E-state index in [1.165, 1.54) is 4.90 Å². The molecule has 0 aromatic heterocycles. The van der Waals surface area contributed by atoms with Gasteiger partial charge in [-0.15, -0.1) is 0 Å². The normalized spacial score (nSPS) is 27.3.